The number of nitrogens with zero attached hydrogens (tertiary/aromatic N) is 2. The van der Waals surface area contributed by atoms with E-state index in [2.05, 4.69) is 47.5 Å². The van der Waals surface area contributed by atoms with E-state index in [1.165, 1.54) is 11.3 Å². The number of benzene rings is 1. The molecule has 0 saturated heterocycles. The van der Waals surface area contributed by atoms with Crippen molar-refractivity contribution in [2.24, 2.45) is 0 Å². The lowest BCUT2D eigenvalue weighted by Crippen LogP contribution is -2.36. The molecule has 2 rings (SSSR count). The molecule has 0 spiro atoms. The molecule has 2 unspecified atom stereocenters. The zero-order valence-corrected chi connectivity index (χ0v) is 11.2. The minimum atomic E-state index is -0.0324. The number of nitrogens with one attached hydrogen (secondary N) is 1. The van der Waals surface area contributed by atoms with Crippen LogP contribution in [0.1, 0.15) is 25.8 Å². The Hall–Kier alpha value is -1.53. The van der Waals surface area contributed by atoms with E-state index in [9.17, 15) is 0 Å². The molecule has 3 heteroatoms. The average Bonchev–Trinajstić information content (AvgIpc) is 2.70. The van der Waals surface area contributed by atoms with Crippen molar-refractivity contribution in [2.75, 3.05) is 18.0 Å². The molecule has 1 aromatic rings. The molecule has 1 aliphatic rings. The minimum Gasteiger partial charge on any atom is -0.368 e. The van der Waals surface area contributed by atoms with Crippen molar-refractivity contribution in [1.29, 1.82) is 5.26 Å². The normalized spacial score (nSPS) is 19.4. The Morgan fingerprint density at radius 3 is 3.00 bits per heavy atom. The predicted octanol–water partition coefficient (Wildman–Crippen LogP) is 2.33. The summed E-state index contributed by atoms with van der Waals surface area (Å²) in [4.78, 5) is 2.43. The molecule has 0 radical (unpaired) electrons. The highest BCUT2D eigenvalue weighted by molar-refractivity contribution is 5.59. The number of hydrogen-bond acceptors (Lipinski definition) is 3. The standard InChI is InChI=1S/C15H21N3/c1-3-17-14(11-16)8-9-18-12(2)10-13-6-4-5-7-15(13)18/h4-7,12,14,17H,3,8-10H2,1-2H3. The number of nitriles is 1. The van der Waals surface area contributed by atoms with Gasteiger partial charge in [-0.1, -0.05) is 25.1 Å². The van der Waals surface area contributed by atoms with Crippen molar-refractivity contribution in [1.82, 2.24) is 5.32 Å². The largest absolute Gasteiger partial charge is 0.368 e. The van der Waals surface area contributed by atoms with Crippen molar-refractivity contribution in [3.8, 4) is 6.07 Å². The fraction of sp³-hybridized carbons (Fsp3) is 0.533. The van der Waals surface area contributed by atoms with Crippen LogP contribution >= 0.6 is 0 Å². The van der Waals surface area contributed by atoms with Crippen LogP contribution in [0.15, 0.2) is 24.3 Å². The van der Waals surface area contributed by atoms with Gasteiger partial charge < -0.3 is 10.2 Å². The molecule has 0 aliphatic carbocycles. The van der Waals surface area contributed by atoms with Gasteiger partial charge in [-0.15, -0.1) is 0 Å². The molecular weight excluding hydrogens is 222 g/mol. The second-order valence-electron chi connectivity index (χ2n) is 4.90. The van der Waals surface area contributed by atoms with Gasteiger partial charge in [0.05, 0.1) is 12.1 Å². The molecule has 1 aliphatic heterocycles. The Balaban J connectivity index is 2.00. The summed E-state index contributed by atoms with van der Waals surface area (Å²) in [5, 5.41) is 12.3. The molecule has 0 fully saturated rings. The number of para-hydroxylation sites is 1. The molecule has 3 nitrogen and oxygen atoms in total. The Bertz CT molecular complexity index is 436. The van der Waals surface area contributed by atoms with E-state index >= 15 is 0 Å². The summed E-state index contributed by atoms with van der Waals surface area (Å²) < 4.78 is 0. The third-order valence-electron chi connectivity index (χ3n) is 3.61. The summed E-state index contributed by atoms with van der Waals surface area (Å²) in [7, 11) is 0. The Morgan fingerprint density at radius 2 is 2.28 bits per heavy atom. The lowest BCUT2D eigenvalue weighted by Gasteiger charge is -2.26. The van der Waals surface area contributed by atoms with Gasteiger partial charge in [-0.2, -0.15) is 5.26 Å². The van der Waals surface area contributed by atoms with Crippen LogP contribution in [-0.2, 0) is 6.42 Å². The lowest BCUT2D eigenvalue weighted by molar-refractivity contribution is 0.557. The van der Waals surface area contributed by atoms with Crippen LogP contribution in [0.4, 0.5) is 5.69 Å². The summed E-state index contributed by atoms with van der Waals surface area (Å²) in [6.07, 6.45) is 2.00. The summed E-state index contributed by atoms with van der Waals surface area (Å²) in [6, 6.07) is 11.4. The van der Waals surface area contributed by atoms with Crippen LogP contribution in [0, 0.1) is 11.3 Å². The zero-order valence-electron chi connectivity index (χ0n) is 11.2. The molecule has 1 aromatic carbocycles. The Kier molecular flexibility index (Phi) is 4.22. The van der Waals surface area contributed by atoms with Crippen molar-refractivity contribution in [2.45, 2.75) is 38.8 Å². The number of hydrogen-bond donors (Lipinski definition) is 1. The van der Waals surface area contributed by atoms with E-state index in [-0.39, 0.29) is 6.04 Å². The Morgan fingerprint density at radius 1 is 1.50 bits per heavy atom. The van der Waals surface area contributed by atoms with Gasteiger partial charge in [0.15, 0.2) is 0 Å². The monoisotopic (exact) mass is 243 g/mol. The summed E-state index contributed by atoms with van der Waals surface area (Å²) in [5.41, 5.74) is 2.78. The second kappa shape index (κ2) is 5.88. The van der Waals surface area contributed by atoms with Gasteiger partial charge >= 0.3 is 0 Å². The molecule has 1 N–H and O–H groups in total. The highest BCUT2D eigenvalue weighted by Crippen LogP contribution is 2.31. The maximum atomic E-state index is 9.06. The zero-order chi connectivity index (χ0) is 13.0. The first kappa shape index (κ1) is 12.9. The van der Waals surface area contributed by atoms with Crippen molar-refractivity contribution in [3.05, 3.63) is 29.8 Å². The molecule has 0 aromatic heterocycles. The number of fused-ring (bicyclic) bond motifs is 1. The number of rotatable bonds is 5. The van der Waals surface area contributed by atoms with Crippen molar-refractivity contribution >= 4 is 5.69 Å². The summed E-state index contributed by atoms with van der Waals surface area (Å²) in [6.45, 7) is 6.10. The highest BCUT2D eigenvalue weighted by Gasteiger charge is 2.25. The molecule has 0 saturated carbocycles. The quantitative estimate of drug-likeness (QED) is 0.862. The lowest BCUT2D eigenvalue weighted by atomic mass is 10.1. The molecular formula is C15H21N3. The molecule has 0 bridgehead atoms. The minimum absolute atomic E-state index is 0.0324. The highest BCUT2D eigenvalue weighted by atomic mass is 15.2. The van der Waals surface area contributed by atoms with Gasteiger partial charge in [-0.05, 0) is 37.9 Å². The molecule has 1 heterocycles. The predicted molar refractivity (Wildman–Crippen MR) is 74.6 cm³/mol. The smallest absolute Gasteiger partial charge is 0.0969 e. The van der Waals surface area contributed by atoms with Crippen LogP contribution in [0.2, 0.25) is 0 Å². The van der Waals surface area contributed by atoms with E-state index in [1.807, 2.05) is 6.92 Å². The van der Waals surface area contributed by atoms with E-state index in [0.29, 0.717) is 6.04 Å². The van der Waals surface area contributed by atoms with Gasteiger partial charge in [0.1, 0.15) is 0 Å². The maximum absolute atomic E-state index is 9.06. The van der Waals surface area contributed by atoms with Gasteiger partial charge in [0.2, 0.25) is 0 Å². The summed E-state index contributed by atoms with van der Waals surface area (Å²) >= 11 is 0. The van der Waals surface area contributed by atoms with Crippen LogP contribution in [-0.4, -0.2) is 25.2 Å². The van der Waals surface area contributed by atoms with Crippen molar-refractivity contribution in [3.63, 3.8) is 0 Å². The van der Waals surface area contributed by atoms with Crippen LogP contribution in [0.3, 0.4) is 0 Å². The van der Waals surface area contributed by atoms with E-state index in [1.54, 1.807) is 0 Å². The van der Waals surface area contributed by atoms with Gasteiger partial charge in [0, 0.05) is 18.3 Å². The molecule has 2 atom stereocenters. The van der Waals surface area contributed by atoms with Gasteiger partial charge in [-0.25, -0.2) is 0 Å². The fourth-order valence-electron chi connectivity index (χ4n) is 2.70. The maximum Gasteiger partial charge on any atom is 0.0969 e. The van der Waals surface area contributed by atoms with E-state index in [4.69, 9.17) is 5.26 Å². The summed E-state index contributed by atoms with van der Waals surface area (Å²) in [5.74, 6) is 0. The van der Waals surface area contributed by atoms with Crippen molar-refractivity contribution < 1.29 is 0 Å². The van der Waals surface area contributed by atoms with Gasteiger partial charge in [-0.3, -0.25) is 0 Å². The topological polar surface area (TPSA) is 39.1 Å². The first-order valence-corrected chi connectivity index (χ1v) is 6.73. The first-order valence-electron chi connectivity index (χ1n) is 6.73. The van der Waals surface area contributed by atoms with Crippen LogP contribution in [0.25, 0.3) is 0 Å². The van der Waals surface area contributed by atoms with E-state index < -0.39 is 0 Å². The molecule has 18 heavy (non-hydrogen) atoms. The van der Waals surface area contributed by atoms with E-state index in [0.717, 1.165) is 25.9 Å². The third-order valence-corrected chi connectivity index (χ3v) is 3.61. The van der Waals surface area contributed by atoms with Crippen LogP contribution < -0.4 is 10.2 Å². The second-order valence-corrected chi connectivity index (χ2v) is 4.90. The fourth-order valence-corrected chi connectivity index (χ4v) is 2.70. The first-order chi connectivity index (χ1) is 8.76. The Labute approximate surface area is 109 Å². The molecule has 96 valence electrons. The molecule has 0 amide bonds. The third kappa shape index (κ3) is 2.65. The van der Waals surface area contributed by atoms with Gasteiger partial charge in [0.25, 0.3) is 0 Å². The average molecular weight is 243 g/mol. The number of anilines is 1. The van der Waals surface area contributed by atoms with Crippen LogP contribution in [0.5, 0.6) is 0 Å². The SMILES string of the molecule is CCNC(C#N)CCN1c2ccccc2CC1C.